The largest absolute Gasteiger partial charge is 0.472 e. The van der Waals surface area contributed by atoms with Crippen molar-refractivity contribution < 1.29 is 62.2 Å². The zero-order valence-electron chi connectivity index (χ0n) is 40.1. The summed E-state index contributed by atoms with van der Waals surface area (Å²) in [6, 6.07) is 0. The first-order valence-electron chi connectivity index (χ1n) is 24.2. The van der Waals surface area contributed by atoms with Crippen LogP contribution < -0.4 is 0 Å². The van der Waals surface area contributed by atoms with E-state index in [9.17, 15) is 39.2 Å². The van der Waals surface area contributed by atoms with Crippen LogP contribution in [0.3, 0.4) is 0 Å². The maximum atomic E-state index is 12.9. The second-order valence-electron chi connectivity index (χ2n) is 18.1. The van der Waals surface area contributed by atoms with E-state index in [2.05, 4.69) is 62.5 Å². The number of ketones is 1. The number of esters is 2. The van der Waals surface area contributed by atoms with Crippen molar-refractivity contribution in [1.29, 1.82) is 0 Å². The van der Waals surface area contributed by atoms with Gasteiger partial charge in [0.15, 0.2) is 6.10 Å². The van der Waals surface area contributed by atoms with Gasteiger partial charge in [0.2, 0.25) is 0 Å². The van der Waals surface area contributed by atoms with Crippen molar-refractivity contribution in [1.82, 2.24) is 0 Å². The fourth-order valence-corrected chi connectivity index (χ4v) is 7.85. The Labute approximate surface area is 386 Å². The number of quaternary nitrogens is 1. The zero-order valence-corrected chi connectivity index (χ0v) is 41.0. The van der Waals surface area contributed by atoms with Gasteiger partial charge >= 0.3 is 19.8 Å². The van der Waals surface area contributed by atoms with Crippen LogP contribution in [0.1, 0.15) is 155 Å². The molecule has 0 aliphatic heterocycles. The molecule has 64 heavy (non-hydrogen) atoms. The van der Waals surface area contributed by atoms with Crippen molar-refractivity contribution in [3.05, 3.63) is 60.8 Å². The second-order valence-corrected chi connectivity index (χ2v) is 19.6. The highest BCUT2D eigenvalue weighted by atomic mass is 31.2. The number of unbranched alkanes of at least 4 members (excludes halogenated alkanes) is 9. The molecule has 0 saturated heterocycles. The number of carbonyl (C=O) groups excluding carboxylic acids is 3. The Hall–Kier alpha value is -2.74. The topological polar surface area (TPSA) is 186 Å². The van der Waals surface area contributed by atoms with Crippen LogP contribution in [0.15, 0.2) is 60.8 Å². The van der Waals surface area contributed by atoms with Crippen molar-refractivity contribution in [2.75, 3.05) is 47.5 Å². The summed E-state index contributed by atoms with van der Waals surface area (Å²) in [7, 11) is 1.22. The third-order valence-corrected chi connectivity index (χ3v) is 12.0. The SMILES string of the molecule is CCCCC/C=C\C/C=C\C/C=C\C/C=C\CCCCCC(=O)OC[C@H](COP(=O)(O)OCC[N+](C)(C)C)OC(=O)CCCCC(=O)C[C@@H]1[C@@H](/C=C/[C@@H](O)CCCCC)[C@H](O)C[C@@H]1O. The van der Waals surface area contributed by atoms with Crippen molar-refractivity contribution in [3.63, 3.8) is 0 Å². The lowest BCUT2D eigenvalue weighted by Crippen LogP contribution is -2.37. The number of nitrogens with zero attached hydrogens (tertiary/aromatic N) is 1. The molecule has 1 unspecified atom stereocenters. The number of carbonyl (C=O) groups is 3. The molecule has 7 atom stereocenters. The number of hydrogen-bond acceptors (Lipinski definition) is 11. The quantitative estimate of drug-likeness (QED) is 0.0151. The molecule has 4 N–H and O–H groups in total. The fraction of sp³-hybridized carbons (Fsp3) is 0.740. The number of phosphoric ester groups is 1. The molecule has 368 valence electrons. The molecule has 0 aromatic rings. The number of Topliss-reactive ketones (excluding diaryl/α,β-unsaturated/α-hetero) is 1. The Morgan fingerprint density at radius 3 is 1.89 bits per heavy atom. The predicted molar refractivity (Wildman–Crippen MR) is 254 cm³/mol. The highest BCUT2D eigenvalue weighted by Crippen LogP contribution is 2.43. The van der Waals surface area contributed by atoms with E-state index in [-0.39, 0.29) is 51.1 Å². The highest BCUT2D eigenvalue weighted by Gasteiger charge is 2.41. The lowest BCUT2D eigenvalue weighted by Gasteiger charge is -2.24. The van der Waals surface area contributed by atoms with Crippen LogP contribution in [0.25, 0.3) is 0 Å². The van der Waals surface area contributed by atoms with E-state index in [0.29, 0.717) is 36.7 Å². The number of phosphoric acid groups is 1. The maximum absolute atomic E-state index is 12.9. The van der Waals surface area contributed by atoms with Gasteiger partial charge < -0.3 is 34.2 Å². The van der Waals surface area contributed by atoms with Gasteiger partial charge in [0.1, 0.15) is 25.5 Å². The van der Waals surface area contributed by atoms with Crippen molar-refractivity contribution >= 4 is 25.5 Å². The molecule has 1 saturated carbocycles. The first-order valence-corrected chi connectivity index (χ1v) is 25.7. The predicted octanol–water partition coefficient (Wildman–Crippen LogP) is 9.58. The first-order chi connectivity index (χ1) is 30.6. The Bertz CT molecular complexity index is 1450. The summed E-state index contributed by atoms with van der Waals surface area (Å²) in [4.78, 5) is 48.6. The van der Waals surface area contributed by atoms with E-state index < -0.39 is 62.6 Å². The molecule has 1 rings (SSSR count). The summed E-state index contributed by atoms with van der Waals surface area (Å²) in [6.07, 6.45) is 33.3. The van der Waals surface area contributed by atoms with Crippen LogP contribution in [0.5, 0.6) is 0 Å². The van der Waals surface area contributed by atoms with Crippen molar-refractivity contribution in [2.45, 2.75) is 180 Å². The smallest absolute Gasteiger partial charge is 0.462 e. The van der Waals surface area contributed by atoms with Gasteiger partial charge in [0.25, 0.3) is 0 Å². The molecule has 1 aliphatic carbocycles. The molecule has 0 heterocycles. The van der Waals surface area contributed by atoms with Gasteiger partial charge in [-0.2, -0.15) is 0 Å². The third kappa shape index (κ3) is 32.8. The summed E-state index contributed by atoms with van der Waals surface area (Å²) in [6.45, 7) is 3.80. The van der Waals surface area contributed by atoms with E-state index >= 15 is 0 Å². The van der Waals surface area contributed by atoms with Crippen LogP contribution in [0, 0.1) is 11.8 Å². The molecule has 0 bridgehead atoms. The first kappa shape index (κ1) is 59.3. The fourth-order valence-electron chi connectivity index (χ4n) is 7.11. The second kappa shape index (κ2) is 36.4. The molecule has 0 radical (unpaired) electrons. The summed E-state index contributed by atoms with van der Waals surface area (Å²) in [5.74, 6) is -2.15. The van der Waals surface area contributed by atoms with Crippen LogP contribution in [-0.2, 0) is 37.5 Å². The summed E-state index contributed by atoms with van der Waals surface area (Å²) >= 11 is 0. The number of allylic oxidation sites excluding steroid dienone is 8. The average Bonchev–Trinajstić information content (AvgIpc) is 3.50. The monoisotopic (exact) mass is 925 g/mol. The summed E-state index contributed by atoms with van der Waals surface area (Å²) < 4.78 is 34.2. The van der Waals surface area contributed by atoms with Crippen LogP contribution >= 0.6 is 7.82 Å². The van der Waals surface area contributed by atoms with Gasteiger partial charge in [-0.3, -0.25) is 23.4 Å². The third-order valence-electron chi connectivity index (χ3n) is 11.0. The maximum Gasteiger partial charge on any atom is 0.472 e. The van der Waals surface area contributed by atoms with Gasteiger partial charge in [-0.25, -0.2) is 4.57 Å². The van der Waals surface area contributed by atoms with Crippen molar-refractivity contribution in [2.24, 2.45) is 11.8 Å². The number of aliphatic hydroxyl groups excluding tert-OH is 3. The van der Waals surface area contributed by atoms with Crippen LogP contribution in [-0.4, -0.2) is 114 Å². The molecular weight excluding hydrogens is 838 g/mol. The Morgan fingerprint density at radius 1 is 0.703 bits per heavy atom. The molecule has 0 spiro atoms. The normalized spacial score (nSPS) is 20.3. The highest BCUT2D eigenvalue weighted by molar-refractivity contribution is 7.47. The zero-order chi connectivity index (χ0) is 47.5. The molecule has 13 nitrogen and oxygen atoms in total. The molecule has 14 heteroatoms. The number of likely N-dealkylation sites (N-methyl/N-ethyl adjacent to an activating group) is 1. The Balaban J connectivity index is 2.51. The lowest BCUT2D eigenvalue weighted by molar-refractivity contribution is -0.870. The number of aliphatic hydroxyl groups is 3. The van der Waals surface area contributed by atoms with Gasteiger partial charge in [-0.1, -0.05) is 113 Å². The summed E-state index contributed by atoms with van der Waals surface area (Å²) in [5, 5.41) is 31.4. The standard InChI is InChI=1S/C50H86NO12P/c1-6-8-10-11-12-13-14-15-16-17-18-19-20-21-22-23-24-25-27-32-49(56)60-40-44(41-62-64(58,59)61-37-36-51(3,4)5)63-50(57)33-29-28-31-43(53)38-46-45(47(54)39-48(46)55)35-34-42(52)30-26-9-7-2/h12-13,15-16,18-19,21-22,34-35,42,44-48,52,54-55H,6-11,14,17,20,23-33,36-41H2,1-5H3/p+1/b13-12-,16-15-,19-18-,22-21-,35-34+/t42-,44+,45+,46+,47+,48-/m0/s1. The molecule has 0 amide bonds. The van der Waals surface area contributed by atoms with Crippen LogP contribution in [0.4, 0.5) is 0 Å². The molecule has 1 aliphatic rings. The van der Waals surface area contributed by atoms with E-state index in [1.807, 2.05) is 21.1 Å². The molecule has 0 aromatic carbocycles. The van der Waals surface area contributed by atoms with Gasteiger partial charge in [0, 0.05) is 43.9 Å². The average molecular weight is 925 g/mol. The summed E-state index contributed by atoms with van der Waals surface area (Å²) in [5.41, 5.74) is 0. The number of ether oxygens (including phenoxy) is 2. The van der Waals surface area contributed by atoms with Gasteiger partial charge in [0.05, 0.1) is 46.1 Å². The van der Waals surface area contributed by atoms with Gasteiger partial charge in [-0.05, 0) is 70.6 Å². The lowest BCUT2D eigenvalue weighted by atomic mass is 9.87. The van der Waals surface area contributed by atoms with E-state index in [0.717, 1.165) is 57.8 Å². The van der Waals surface area contributed by atoms with E-state index in [1.54, 1.807) is 12.2 Å². The molecule has 1 fully saturated rings. The van der Waals surface area contributed by atoms with E-state index in [1.165, 1.54) is 25.7 Å². The Morgan fingerprint density at radius 2 is 1.27 bits per heavy atom. The molecule has 0 aromatic heterocycles. The van der Waals surface area contributed by atoms with E-state index in [4.69, 9.17) is 18.5 Å². The van der Waals surface area contributed by atoms with Crippen LogP contribution in [0.2, 0.25) is 0 Å². The minimum atomic E-state index is -4.50. The minimum Gasteiger partial charge on any atom is -0.462 e. The van der Waals surface area contributed by atoms with Crippen molar-refractivity contribution in [3.8, 4) is 0 Å². The number of hydrogen-bond donors (Lipinski definition) is 4. The number of rotatable bonds is 39. The van der Waals surface area contributed by atoms with Gasteiger partial charge in [-0.15, -0.1) is 0 Å². The molecular formula is C50H87NO12P+. The minimum absolute atomic E-state index is 0.0439. The Kier molecular flexibility index (Phi) is 33.7.